The lowest BCUT2D eigenvalue weighted by molar-refractivity contribution is 0.954. The zero-order valence-corrected chi connectivity index (χ0v) is 32.7. The second-order valence-electron chi connectivity index (χ2n) is 14.3. The van der Waals surface area contributed by atoms with Crippen molar-refractivity contribution in [2.75, 3.05) is 14.7 Å². The maximum atomic E-state index is 10.2. The van der Waals surface area contributed by atoms with Gasteiger partial charge in [-0.05, 0) is 36.4 Å². The van der Waals surface area contributed by atoms with E-state index in [9.17, 15) is 31.6 Å². The van der Waals surface area contributed by atoms with Crippen molar-refractivity contribution < 1.29 is 0 Å². The Balaban J connectivity index is 1.32. The highest BCUT2D eigenvalue weighted by molar-refractivity contribution is 6.06. The van der Waals surface area contributed by atoms with Crippen LogP contribution in [0.3, 0.4) is 0 Å². The summed E-state index contributed by atoms with van der Waals surface area (Å²) in [6, 6.07) is 57.2. The second kappa shape index (κ2) is 14.9. The Morgan fingerprint density at radius 2 is 0.460 bits per heavy atom. The molecule has 0 fully saturated rings. The van der Waals surface area contributed by atoms with E-state index in [0.29, 0.717) is 84.2 Å². The van der Waals surface area contributed by atoms with Crippen LogP contribution in [-0.2, 0) is 0 Å². The number of aromatic nitrogens is 3. The molecule has 3 aliphatic heterocycles. The average molecular weight is 805 g/mol. The van der Waals surface area contributed by atoms with Crippen LogP contribution in [0.5, 0.6) is 0 Å². The van der Waals surface area contributed by atoms with Crippen molar-refractivity contribution in [2.45, 2.75) is 0 Å². The smallest absolute Gasteiger partial charge is 0.241 e. The summed E-state index contributed by atoms with van der Waals surface area (Å²) >= 11 is 0. The summed E-state index contributed by atoms with van der Waals surface area (Å²) in [5, 5.41) is 61.2. The van der Waals surface area contributed by atoms with Crippen LogP contribution in [0.4, 0.5) is 52.0 Å². The third-order valence-corrected chi connectivity index (χ3v) is 11.1. The molecule has 4 heterocycles. The van der Waals surface area contributed by atoms with Crippen molar-refractivity contribution >= 4 is 68.7 Å². The number of hydrogen-bond donors (Lipinski definition) is 0. The summed E-state index contributed by atoms with van der Waals surface area (Å²) in [6.07, 6.45) is 0. The molecule has 0 aliphatic carbocycles. The molecule has 0 bridgehead atoms. The fourth-order valence-corrected chi connectivity index (χ4v) is 8.61. The third kappa shape index (κ3) is 5.60. The van der Waals surface area contributed by atoms with Crippen LogP contribution in [0.15, 0.2) is 162 Å². The third-order valence-electron chi connectivity index (χ3n) is 11.1. The van der Waals surface area contributed by atoms with E-state index in [2.05, 4.69) is 36.4 Å². The van der Waals surface area contributed by atoms with Crippen molar-refractivity contribution in [3.05, 3.63) is 196 Å². The van der Waals surface area contributed by atoms with Gasteiger partial charge in [0.05, 0.1) is 34.1 Å². The van der Waals surface area contributed by atoms with Gasteiger partial charge < -0.3 is 0 Å². The molecule has 6 aromatic carbocycles. The first-order valence-electron chi connectivity index (χ1n) is 19.4. The minimum absolute atomic E-state index is 0.0504. The Bertz CT molecular complexity index is 2940. The fraction of sp³-hybridized carbons (Fsp3) is 0. The summed E-state index contributed by atoms with van der Waals surface area (Å²) in [4.78, 5) is 21.5. The molecule has 0 radical (unpaired) electrons. The van der Waals surface area contributed by atoms with Gasteiger partial charge in [0.25, 0.3) is 0 Å². The quantitative estimate of drug-likeness (QED) is 0.154. The van der Waals surface area contributed by atoms with E-state index < -0.39 is 0 Å². The normalized spacial score (nSPS) is 12.5. The van der Waals surface area contributed by atoms with Gasteiger partial charge in [-0.3, -0.25) is 14.7 Å². The summed E-state index contributed by atoms with van der Waals surface area (Å²) in [6.45, 7) is 0. The maximum Gasteiger partial charge on any atom is 0.241 e. The molecule has 0 saturated carbocycles. The van der Waals surface area contributed by atoms with Crippen LogP contribution in [0.2, 0.25) is 0 Å². The molecular formula is C51H24N12. The zero-order valence-electron chi connectivity index (χ0n) is 32.7. The molecule has 0 spiro atoms. The SMILES string of the molecule is N#CC(C#N)=C1c2ccccc2N(c2nc(N3c4ccccc4C(=C(C#N)C#N)c4ccccc43)nc(N3c4ccccc4C(=C(C#N)C#N)c4ccccc43)n2)c2ccccc21. The minimum atomic E-state index is -0.0504. The molecule has 0 N–H and O–H groups in total. The molecule has 288 valence electrons. The van der Waals surface area contributed by atoms with E-state index in [4.69, 9.17) is 15.0 Å². The molecule has 12 heteroatoms. The number of allylic oxidation sites excluding steroid dienone is 3. The van der Waals surface area contributed by atoms with Gasteiger partial charge in [0, 0.05) is 50.1 Å². The van der Waals surface area contributed by atoms with E-state index >= 15 is 0 Å². The van der Waals surface area contributed by atoms with E-state index in [-0.39, 0.29) is 34.6 Å². The molecule has 0 saturated heterocycles. The van der Waals surface area contributed by atoms with Gasteiger partial charge in [-0.1, -0.05) is 109 Å². The number of fused-ring (bicyclic) bond motifs is 6. The molecule has 1 aromatic heterocycles. The predicted octanol–water partition coefficient (Wildman–Crippen LogP) is 10.8. The zero-order chi connectivity index (χ0) is 43.2. The number of nitrogens with zero attached hydrogens (tertiary/aromatic N) is 12. The molecule has 3 aliphatic rings. The van der Waals surface area contributed by atoms with Crippen LogP contribution >= 0.6 is 0 Å². The van der Waals surface area contributed by atoms with Gasteiger partial charge in [-0.15, -0.1) is 0 Å². The first-order valence-corrected chi connectivity index (χ1v) is 19.4. The summed E-state index contributed by atoms with van der Waals surface area (Å²) in [5.74, 6) is 0.546. The number of nitriles is 6. The van der Waals surface area contributed by atoms with Crippen LogP contribution in [0.1, 0.15) is 33.4 Å². The Morgan fingerprint density at radius 3 is 0.635 bits per heavy atom. The molecule has 0 atom stereocenters. The highest BCUT2D eigenvalue weighted by atomic mass is 15.4. The highest BCUT2D eigenvalue weighted by Crippen LogP contribution is 2.54. The second-order valence-corrected chi connectivity index (χ2v) is 14.3. The molecular weight excluding hydrogens is 781 g/mol. The Hall–Kier alpha value is -10.1. The minimum Gasteiger partial charge on any atom is -0.278 e. The molecule has 10 rings (SSSR count). The van der Waals surface area contributed by atoms with Gasteiger partial charge in [-0.25, -0.2) is 0 Å². The molecule has 0 amide bonds. The fourth-order valence-electron chi connectivity index (χ4n) is 8.61. The van der Waals surface area contributed by atoms with E-state index in [1.165, 1.54) is 0 Å². The Morgan fingerprint density at radius 1 is 0.286 bits per heavy atom. The first-order chi connectivity index (χ1) is 31.0. The van der Waals surface area contributed by atoms with Gasteiger partial charge >= 0.3 is 0 Å². The van der Waals surface area contributed by atoms with Gasteiger partial charge in [0.1, 0.15) is 53.1 Å². The van der Waals surface area contributed by atoms with Crippen molar-refractivity contribution in [3.8, 4) is 36.4 Å². The van der Waals surface area contributed by atoms with Crippen molar-refractivity contribution in [3.63, 3.8) is 0 Å². The van der Waals surface area contributed by atoms with E-state index in [0.717, 1.165) is 0 Å². The number of anilines is 9. The topological polar surface area (TPSA) is 191 Å². The van der Waals surface area contributed by atoms with Crippen molar-refractivity contribution in [1.29, 1.82) is 31.6 Å². The number of rotatable bonds is 3. The molecule has 63 heavy (non-hydrogen) atoms. The van der Waals surface area contributed by atoms with E-state index in [1.54, 1.807) is 0 Å². The van der Waals surface area contributed by atoms with Crippen molar-refractivity contribution in [2.24, 2.45) is 0 Å². The Kier molecular flexibility index (Phi) is 8.81. The van der Waals surface area contributed by atoms with E-state index in [1.807, 2.05) is 160 Å². The monoisotopic (exact) mass is 804 g/mol. The van der Waals surface area contributed by atoms with Gasteiger partial charge in [0.15, 0.2) is 0 Å². The first kappa shape index (κ1) is 37.2. The summed E-state index contributed by atoms with van der Waals surface area (Å²) in [5.41, 5.74) is 8.60. The largest absolute Gasteiger partial charge is 0.278 e. The lowest BCUT2D eigenvalue weighted by Gasteiger charge is -2.37. The number of hydrogen-bond acceptors (Lipinski definition) is 12. The van der Waals surface area contributed by atoms with Crippen LogP contribution in [0.25, 0.3) is 16.7 Å². The van der Waals surface area contributed by atoms with Gasteiger partial charge in [-0.2, -0.15) is 46.5 Å². The maximum absolute atomic E-state index is 10.2. The average Bonchev–Trinajstić information content (AvgIpc) is 3.34. The molecule has 7 aromatic rings. The number of benzene rings is 6. The number of para-hydroxylation sites is 6. The van der Waals surface area contributed by atoms with Crippen LogP contribution in [0, 0.1) is 68.0 Å². The Labute approximate surface area is 360 Å². The molecule has 12 nitrogen and oxygen atoms in total. The summed E-state index contributed by atoms with van der Waals surface area (Å²) < 4.78 is 0. The van der Waals surface area contributed by atoms with Crippen molar-refractivity contribution in [1.82, 2.24) is 15.0 Å². The lowest BCUT2D eigenvalue weighted by atomic mass is 9.87. The van der Waals surface area contributed by atoms with Gasteiger partial charge in [0.2, 0.25) is 17.8 Å². The molecule has 0 unspecified atom stereocenters. The standard InChI is InChI=1S/C51H24N12/c52-25-31(26-53)46-34-13-1-7-19-40(34)61(41-20-8-2-14-35(41)46)49-58-50(62-42-21-9-3-15-36(42)47(32(27-54)28-55)37-16-4-10-22-43(37)62)60-51(59-49)63-44-23-11-5-17-38(44)48(33(29-56)30-57)39-18-6-12-24-45(39)63/h1-24H. The lowest BCUT2D eigenvalue weighted by Crippen LogP contribution is -2.27. The summed E-state index contributed by atoms with van der Waals surface area (Å²) in [7, 11) is 0. The van der Waals surface area contributed by atoms with Crippen LogP contribution < -0.4 is 14.7 Å². The van der Waals surface area contributed by atoms with Crippen LogP contribution in [-0.4, -0.2) is 15.0 Å². The predicted molar refractivity (Wildman–Crippen MR) is 236 cm³/mol. The highest BCUT2D eigenvalue weighted by Gasteiger charge is 2.37.